The summed E-state index contributed by atoms with van der Waals surface area (Å²) in [5.41, 5.74) is 2.46. The highest BCUT2D eigenvalue weighted by Crippen LogP contribution is 2.10. The SMILES string of the molecule is Cc1ccc(C(=O)NCCN(Cc2nn(C)cc2C)C(=O)CCl)cc1F. The summed E-state index contributed by atoms with van der Waals surface area (Å²) in [7, 11) is 1.81. The van der Waals surface area contributed by atoms with Crippen LogP contribution in [0.5, 0.6) is 0 Å². The fourth-order valence-electron chi connectivity index (χ4n) is 2.51. The maximum Gasteiger partial charge on any atom is 0.251 e. The maximum atomic E-state index is 13.6. The lowest BCUT2D eigenvalue weighted by molar-refractivity contribution is -0.129. The average molecular weight is 381 g/mol. The summed E-state index contributed by atoms with van der Waals surface area (Å²) >= 11 is 5.68. The second-order valence-corrected chi connectivity index (χ2v) is 6.37. The zero-order valence-electron chi connectivity index (χ0n) is 15.1. The Labute approximate surface area is 156 Å². The quantitative estimate of drug-likeness (QED) is 0.748. The molecule has 0 bridgehead atoms. The molecule has 1 aromatic heterocycles. The predicted octanol–water partition coefficient (Wildman–Crippen LogP) is 2.17. The van der Waals surface area contributed by atoms with Gasteiger partial charge in [0.2, 0.25) is 5.91 Å². The van der Waals surface area contributed by atoms with Gasteiger partial charge < -0.3 is 10.2 Å². The summed E-state index contributed by atoms with van der Waals surface area (Å²) in [6, 6.07) is 4.31. The van der Waals surface area contributed by atoms with E-state index in [9.17, 15) is 14.0 Å². The first-order valence-corrected chi connectivity index (χ1v) is 8.72. The highest BCUT2D eigenvalue weighted by Gasteiger charge is 2.16. The van der Waals surface area contributed by atoms with Crippen LogP contribution in [0.15, 0.2) is 24.4 Å². The van der Waals surface area contributed by atoms with Crippen molar-refractivity contribution in [2.75, 3.05) is 19.0 Å². The average Bonchev–Trinajstić information content (AvgIpc) is 2.92. The molecule has 0 aliphatic rings. The van der Waals surface area contributed by atoms with Crippen LogP contribution >= 0.6 is 11.6 Å². The molecule has 1 heterocycles. The van der Waals surface area contributed by atoms with E-state index < -0.39 is 11.7 Å². The number of hydrogen-bond donors (Lipinski definition) is 1. The molecular weight excluding hydrogens is 359 g/mol. The number of carbonyl (C=O) groups excluding carboxylic acids is 2. The Balaban J connectivity index is 1.96. The molecule has 1 aromatic carbocycles. The topological polar surface area (TPSA) is 67.2 Å². The van der Waals surface area contributed by atoms with Crippen LogP contribution in [0.3, 0.4) is 0 Å². The minimum absolute atomic E-state index is 0.150. The Morgan fingerprint density at radius 1 is 1.31 bits per heavy atom. The number of halogens is 2. The minimum atomic E-state index is -0.428. The van der Waals surface area contributed by atoms with Crippen LogP contribution in [0.2, 0.25) is 0 Å². The van der Waals surface area contributed by atoms with Crippen molar-refractivity contribution in [2.24, 2.45) is 7.05 Å². The number of nitrogens with one attached hydrogen (secondary N) is 1. The highest BCUT2D eigenvalue weighted by atomic mass is 35.5. The summed E-state index contributed by atoms with van der Waals surface area (Å²) in [4.78, 5) is 25.7. The number of amides is 2. The first-order valence-electron chi connectivity index (χ1n) is 8.19. The third-order valence-corrected chi connectivity index (χ3v) is 4.25. The lowest BCUT2D eigenvalue weighted by Gasteiger charge is -2.21. The van der Waals surface area contributed by atoms with Crippen molar-refractivity contribution >= 4 is 23.4 Å². The van der Waals surface area contributed by atoms with E-state index in [1.165, 1.54) is 6.07 Å². The first-order chi connectivity index (χ1) is 12.3. The van der Waals surface area contributed by atoms with Gasteiger partial charge in [0.1, 0.15) is 11.7 Å². The van der Waals surface area contributed by atoms with Gasteiger partial charge in [0.25, 0.3) is 5.91 Å². The van der Waals surface area contributed by atoms with Gasteiger partial charge in [0.15, 0.2) is 0 Å². The molecule has 1 N–H and O–H groups in total. The van der Waals surface area contributed by atoms with Crippen molar-refractivity contribution in [3.63, 3.8) is 0 Å². The van der Waals surface area contributed by atoms with Gasteiger partial charge in [0.05, 0.1) is 12.2 Å². The molecule has 0 unspecified atom stereocenters. The van der Waals surface area contributed by atoms with Gasteiger partial charge in [-0.25, -0.2) is 4.39 Å². The Kier molecular flexibility index (Phi) is 6.74. The standard InChI is InChI=1S/C18H22ClFN4O2/c1-12-4-5-14(8-15(12)20)18(26)21-6-7-24(17(25)9-19)11-16-13(2)10-23(3)22-16/h4-5,8,10H,6-7,9,11H2,1-3H3,(H,21,26). The fourth-order valence-corrected chi connectivity index (χ4v) is 2.68. The summed E-state index contributed by atoms with van der Waals surface area (Å²) in [6.45, 7) is 4.36. The van der Waals surface area contributed by atoms with E-state index in [0.717, 1.165) is 11.3 Å². The van der Waals surface area contributed by atoms with Gasteiger partial charge in [-0.05, 0) is 37.1 Å². The van der Waals surface area contributed by atoms with E-state index in [1.54, 1.807) is 28.6 Å². The third kappa shape index (κ3) is 5.05. The molecule has 0 aliphatic heterocycles. The van der Waals surface area contributed by atoms with E-state index in [0.29, 0.717) is 12.1 Å². The Morgan fingerprint density at radius 3 is 2.62 bits per heavy atom. The molecule has 140 valence electrons. The third-order valence-electron chi connectivity index (χ3n) is 4.02. The number of alkyl halides is 1. The van der Waals surface area contributed by atoms with Crippen molar-refractivity contribution in [3.05, 3.63) is 52.6 Å². The predicted molar refractivity (Wildman–Crippen MR) is 97.6 cm³/mol. The van der Waals surface area contributed by atoms with Gasteiger partial charge >= 0.3 is 0 Å². The zero-order valence-corrected chi connectivity index (χ0v) is 15.8. The van der Waals surface area contributed by atoms with E-state index in [4.69, 9.17) is 11.6 Å². The molecule has 2 rings (SSSR count). The van der Waals surface area contributed by atoms with E-state index >= 15 is 0 Å². The number of aromatic nitrogens is 2. The molecular formula is C18H22ClFN4O2. The van der Waals surface area contributed by atoms with Gasteiger partial charge in [-0.2, -0.15) is 5.10 Å². The van der Waals surface area contributed by atoms with Crippen LogP contribution in [-0.4, -0.2) is 45.5 Å². The zero-order chi connectivity index (χ0) is 19.3. The Hall–Kier alpha value is -2.41. The van der Waals surface area contributed by atoms with Crippen molar-refractivity contribution in [2.45, 2.75) is 20.4 Å². The molecule has 0 radical (unpaired) electrons. The van der Waals surface area contributed by atoms with Crippen LogP contribution in [-0.2, 0) is 18.4 Å². The van der Waals surface area contributed by atoms with Crippen LogP contribution in [0.25, 0.3) is 0 Å². The van der Waals surface area contributed by atoms with Crippen molar-refractivity contribution in [1.29, 1.82) is 0 Å². The lowest BCUT2D eigenvalue weighted by atomic mass is 10.1. The smallest absolute Gasteiger partial charge is 0.251 e. The van der Waals surface area contributed by atoms with Crippen LogP contribution in [0.1, 0.15) is 27.2 Å². The molecule has 6 nitrogen and oxygen atoms in total. The summed E-state index contributed by atoms with van der Waals surface area (Å²) in [6.07, 6.45) is 1.87. The molecule has 8 heteroatoms. The van der Waals surface area contributed by atoms with Crippen molar-refractivity contribution in [1.82, 2.24) is 20.0 Å². The van der Waals surface area contributed by atoms with Gasteiger partial charge in [-0.15, -0.1) is 11.6 Å². The van der Waals surface area contributed by atoms with Crippen molar-refractivity contribution in [3.8, 4) is 0 Å². The number of aryl methyl sites for hydroxylation is 3. The monoisotopic (exact) mass is 380 g/mol. The second-order valence-electron chi connectivity index (χ2n) is 6.10. The van der Waals surface area contributed by atoms with E-state index in [1.807, 2.05) is 20.2 Å². The van der Waals surface area contributed by atoms with Crippen LogP contribution in [0, 0.1) is 19.7 Å². The fraction of sp³-hybridized carbons (Fsp3) is 0.389. The van der Waals surface area contributed by atoms with Crippen LogP contribution in [0.4, 0.5) is 4.39 Å². The molecule has 0 saturated carbocycles. The molecule has 0 aliphatic carbocycles. The summed E-state index contributed by atoms with van der Waals surface area (Å²) in [5.74, 6) is -1.21. The molecule has 26 heavy (non-hydrogen) atoms. The Morgan fingerprint density at radius 2 is 2.04 bits per heavy atom. The normalized spacial score (nSPS) is 10.7. The Bertz CT molecular complexity index is 806. The number of benzene rings is 1. The number of rotatable bonds is 7. The molecule has 0 saturated heterocycles. The molecule has 0 fully saturated rings. The van der Waals surface area contributed by atoms with Crippen LogP contribution < -0.4 is 5.32 Å². The van der Waals surface area contributed by atoms with Gasteiger partial charge in [-0.3, -0.25) is 14.3 Å². The maximum absolute atomic E-state index is 13.6. The van der Waals surface area contributed by atoms with E-state index in [-0.39, 0.29) is 30.4 Å². The van der Waals surface area contributed by atoms with Gasteiger partial charge in [-0.1, -0.05) is 6.07 Å². The second kappa shape index (κ2) is 8.80. The summed E-state index contributed by atoms with van der Waals surface area (Å²) < 4.78 is 15.2. The molecule has 2 aromatic rings. The number of nitrogens with zero attached hydrogens (tertiary/aromatic N) is 3. The lowest BCUT2D eigenvalue weighted by Crippen LogP contribution is -2.39. The highest BCUT2D eigenvalue weighted by molar-refractivity contribution is 6.27. The van der Waals surface area contributed by atoms with Gasteiger partial charge in [0, 0.05) is 31.9 Å². The molecule has 0 atom stereocenters. The molecule has 2 amide bonds. The number of carbonyl (C=O) groups is 2. The largest absolute Gasteiger partial charge is 0.350 e. The van der Waals surface area contributed by atoms with Crippen molar-refractivity contribution < 1.29 is 14.0 Å². The number of hydrogen-bond acceptors (Lipinski definition) is 3. The van der Waals surface area contributed by atoms with E-state index in [2.05, 4.69) is 10.4 Å². The first kappa shape index (κ1) is 19.9. The molecule has 0 spiro atoms. The summed E-state index contributed by atoms with van der Waals surface area (Å²) in [5, 5.41) is 7.02. The minimum Gasteiger partial charge on any atom is -0.350 e.